The van der Waals surface area contributed by atoms with Gasteiger partial charge in [-0.2, -0.15) is 0 Å². The first kappa shape index (κ1) is 17.8. The van der Waals surface area contributed by atoms with E-state index in [2.05, 4.69) is 15.3 Å². The average Bonchev–Trinajstić information content (AvgIpc) is 3.38. The van der Waals surface area contributed by atoms with Gasteiger partial charge in [0, 0.05) is 43.5 Å². The lowest BCUT2D eigenvalue weighted by atomic mass is 9.83. The molecular weight excluding hydrogens is 340 g/mol. The summed E-state index contributed by atoms with van der Waals surface area (Å²) < 4.78 is 0. The fourth-order valence-electron chi connectivity index (χ4n) is 4.38. The lowest BCUT2D eigenvalue weighted by Crippen LogP contribution is -2.48. The Balaban J connectivity index is 1.41. The molecule has 1 saturated carbocycles. The Morgan fingerprint density at radius 2 is 2.15 bits per heavy atom. The first-order chi connectivity index (χ1) is 13.2. The Morgan fingerprint density at radius 3 is 2.93 bits per heavy atom. The van der Waals surface area contributed by atoms with Crippen LogP contribution in [0.3, 0.4) is 0 Å². The summed E-state index contributed by atoms with van der Waals surface area (Å²) in [6.07, 6.45) is 9.05. The van der Waals surface area contributed by atoms with Crippen LogP contribution in [0.5, 0.6) is 0 Å². The fourth-order valence-corrected chi connectivity index (χ4v) is 4.38. The molecule has 2 amide bonds. The molecule has 4 rings (SSSR count). The van der Waals surface area contributed by atoms with Crippen LogP contribution < -0.4 is 5.32 Å². The second kappa shape index (κ2) is 7.94. The van der Waals surface area contributed by atoms with Crippen LogP contribution in [0.2, 0.25) is 0 Å². The number of rotatable bonds is 5. The predicted octanol–water partition coefficient (Wildman–Crippen LogP) is 2.87. The molecule has 27 heavy (non-hydrogen) atoms. The van der Waals surface area contributed by atoms with Gasteiger partial charge in [-0.05, 0) is 30.9 Å². The largest absolute Gasteiger partial charge is 0.352 e. The Kier molecular flexibility index (Phi) is 5.23. The Labute approximate surface area is 159 Å². The van der Waals surface area contributed by atoms with Gasteiger partial charge in [-0.1, -0.05) is 31.0 Å². The monoisotopic (exact) mass is 366 g/mol. The minimum absolute atomic E-state index is 0.0720. The van der Waals surface area contributed by atoms with E-state index in [-0.39, 0.29) is 23.8 Å². The molecule has 2 atom stereocenters. The summed E-state index contributed by atoms with van der Waals surface area (Å²) in [7, 11) is 0. The predicted molar refractivity (Wildman–Crippen MR) is 103 cm³/mol. The zero-order valence-electron chi connectivity index (χ0n) is 15.5. The van der Waals surface area contributed by atoms with Gasteiger partial charge in [0.1, 0.15) is 5.82 Å². The molecule has 1 aromatic carbocycles. The molecule has 0 unspecified atom stereocenters. The summed E-state index contributed by atoms with van der Waals surface area (Å²) in [5.74, 6) is 1.02. The summed E-state index contributed by atoms with van der Waals surface area (Å²) >= 11 is 0. The highest BCUT2D eigenvalue weighted by molar-refractivity contribution is 5.82. The molecule has 6 nitrogen and oxygen atoms in total. The molecule has 2 N–H and O–H groups in total. The molecule has 2 aromatic rings. The molecule has 1 aliphatic carbocycles. The van der Waals surface area contributed by atoms with Crippen molar-refractivity contribution in [1.29, 1.82) is 0 Å². The average molecular weight is 366 g/mol. The van der Waals surface area contributed by atoms with Crippen LogP contribution in [-0.2, 0) is 16.1 Å². The normalized spacial score (nSPS) is 22.8. The molecule has 2 heterocycles. The fraction of sp³-hybridized carbons (Fsp3) is 0.476. The van der Waals surface area contributed by atoms with Crippen molar-refractivity contribution in [3.05, 3.63) is 42.2 Å². The number of H-pyrrole nitrogens is 1. The van der Waals surface area contributed by atoms with Crippen LogP contribution in [-0.4, -0.2) is 39.3 Å². The van der Waals surface area contributed by atoms with E-state index in [1.807, 2.05) is 29.2 Å². The first-order valence-corrected chi connectivity index (χ1v) is 9.88. The zero-order chi connectivity index (χ0) is 18.6. The first-order valence-electron chi connectivity index (χ1n) is 9.88. The zero-order valence-corrected chi connectivity index (χ0v) is 15.5. The van der Waals surface area contributed by atoms with E-state index in [0.29, 0.717) is 13.0 Å². The quantitative estimate of drug-likeness (QED) is 0.854. The van der Waals surface area contributed by atoms with Crippen molar-refractivity contribution in [3.63, 3.8) is 0 Å². The van der Waals surface area contributed by atoms with Gasteiger partial charge in [-0.3, -0.25) is 9.59 Å². The number of carbonyl (C=O) groups is 2. The third-order valence-corrected chi connectivity index (χ3v) is 5.74. The topological polar surface area (TPSA) is 78.1 Å². The van der Waals surface area contributed by atoms with Gasteiger partial charge in [0.15, 0.2) is 0 Å². The second-order valence-corrected chi connectivity index (χ2v) is 7.50. The highest BCUT2D eigenvalue weighted by Gasteiger charge is 2.38. The molecule has 0 bridgehead atoms. The number of amides is 2. The van der Waals surface area contributed by atoms with E-state index in [9.17, 15) is 9.59 Å². The van der Waals surface area contributed by atoms with Crippen molar-refractivity contribution in [3.8, 4) is 11.4 Å². The summed E-state index contributed by atoms with van der Waals surface area (Å²) in [5, 5.41) is 3.10. The number of nitrogens with one attached hydrogen (secondary N) is 2. The Hall–Kier alpha value is -2.63. The molecule has 1 aliphatic heterocycles. The van der Waals surface area contributed by atoms with Crippen molar-refractivity contribution in [2.75, 3.05) is 6.54 Å². The van der Waals surface area contributed by atoms with Crippen LogP contribution in [0.15, 0.2) is 36.7 Å². The van der Waals surface area contributed by atoms with Crippen LogP contribution in [0, 0.1) is 5.92 Å². The molecular formula is C21H26N4O2. The highest BCUT2D eigenvalue weighted by Crippen LogP contribution is 2.31. The Morgan fingerprint density at radius 1 is 1.26 bits per heavy atom. The summed E-state index contributed by atoms with van der Waals surface area (Å²) in [4.78, 5) is 34.4. The maximum Gasteiger partial charge on any atom is 0.225 e. The van der Waals surface area contributed by atoms with Crippen molar-refractivity contribution in [2.45, 2.75) is 51.1 Å². The standard InChI is InChI=1S/C21H26N4O2/c26-19-9-4-12-25(19)18-8-2-1-7-17(18)21(27)24-14-15-5-3-6-16(13-15)20-22-10-11-23-20/h3,5-6,10-11,13,17-18H,1-2,4,7-9,12,14H2,(H,22,23)(H,24,27)/t17-,18+/m1/s1. The number of likely N-dealkylation sites (tertiary alicyclic amines) is 1. The molecule has 2 fully saturated rings. The van der Waals surface area contributed by atoms with E-state index < -0.39 is 0 Å². The van der Waals surface area contributed by atoms with Gasteiger partial charge in [0.05, 0.1) is 5.92 Å². The van der Waals surface area contributed by atoms with Crippen LogP contribution in [0.4, 0.5) is 0 Å². The number of hydrogen-bond donors (Lipinski definition) is 2. The third-order valence-electron chi connectivity index (χ3n) is 5.74. The maximum absolute atomic E-state index is 12.9. The van der Waals surface area contributed by atoms with Crippen molar-refractivity contribution >= 4 is 11.8 Å². The number of hydrogen-bond acceptors (Lipinski definition) is 3. The molecule has 0 radical (unpaired) electrons. The lowest BCUT2D eigenvalue weighted by molar-refractivity contribution is -0.135. The van der Waals surface area contributed by atoms with E-state index in [4.69, 9.17) is 0 Å². The Bertz CT molecular complexity index is 802. The van der Waals surface area contributed by atoms with Crippen molar-refractivity contribution < 1.29 is 9.59 Å². The SMILES string of the molecule is O=C(NCc1cccc(-c2ncc[nH]2)c1)[C@@H]1CCCC[C@@H]1N1CCCC1=O. The highest BCUT2D eigenvalue weighted by atomic mass is 16.2. The van der Waals surface area contributed by atoms with Gasteiger partial charge in [-0.25, -0.2) is 4.98 Å². The lowest BCUT2D eigenvalue weighted by Gasteiger charge is -2.37. The number of carbonyl (C=O) groups excluding carboxylic acids is 2. The van der Waals surface area contributed by atoms with Gasteiger partial charge < -0.3 is 15.2 Å². The van der Waals surface area contributed by atoms with Gasteiger partial charge in [-0.15, -0.1) is 0 Å². The van der Waals surface area contributed by atoms with Gasteiger partial charge in [0.25, 0.3) is 0 Å². The minimum atomic E-state index is -0.0888. The van der Waals surface area contributed by atoms with Crippen molar-refractivity contribution in [2.24, 2.45) is 5.92 Å². The molecule has 1 aromatic heterocycles. The number of benzene rings is 1. The van der Waals surface area contributed by atoms with Crippen molar-refractivity contribution in [1.82, 2.24) is 20.2 Å². The van der Waals surface area contributed by atoms with Gasteiger partial charge in [0.2, 0.25) is 11.8 Å². The number of aromatic amines is 1. The number of nitrogens with zero attached hydrogens (tertiary/aromatic N) is 2. The smallest absolute Gasteiger partial charge is 0.225 e. The van der Waals surface area contributed by atoms with E-state index in [1.165, 1.54) is 0 Å². The van der Waals surface area contributed by atoms with E-state index in [0.717, 1.165) is 55.6 Å². The van der Waals surface area contributed by atoms with Crippen LogP contribution in [0.1, 0.15) is 44.1 Å². The minimum Gasteiger partial charge on any atom is -0.352 e. The maximum atomic E-state index is 12.9. The summed E-state index contributed by atoms with van der Waals surface area (Å²) in [6.45, 7) is 1.29. The number of aromatic nitrogens is 2. The molecule has 2 aliphatic rings. The van der Waals surface area contributed by atoms with E-state index >= 15 is 0 Å². The molecule has 0 spiro atoms. The van der Waals surface area contributed by atoms with Gasteiger partial charge >= 0.3 is 0 Å². The number of imidazole rings is 1. The third kappa shape index (κ3) is 3.89. The second-order valence-electron chi connectivity index (χ2n) is 7.50. The van der Waals surface area contributed by atoms with Crippen LogP contribution in [0.25, 0.3) is 11.4 Å². The summed E-state index contributed by atoms with van der Waals surface area (Å²) in [5.41, 5.74) is 2.05. The molecule has 142 valence electrons. The molecule has 1 saturated heterocycles. The molecule has 6 heteroatoms. The summed E-state index contributed by atoms with van der Waals surface area (Å²) in [6, 6.07) is 8.10. The van der Waals surface area contributed by atoms with Crippen LogP contribution >= 0.6 is 0 Å². The van der Waals surface area contributed by atoms with E-state index in [1.54, 1.807) is 12.4 Å².